The van der Waals surface area contributed by atoms with E-state index in [1.807, 2.05) is 0 Å². The summed E-state index contributed by atoms with van der Waals surface area (Å²) in [7, 11) is 1.46. The van der Waals surface area contributed by atoms with Crippen LogP contribution in [0.25, 0.3) is 0 Å². The van der Waals surface area contributed by atoms with Crippen molar-refractivity contribution in [3.8, 4) is 0 Å². The molecule has 4 rings (SSSR count). The zero-order valence-corrected chi connectivity index (χ0v) is 17.8. The van der Waals surface area contributed by atoms with E-state index in [0.29, 0.717) is 36.0 Å². The lowest BCUT2D eigenvalue weighted by molar-refractivity contribution is -0.167. The zero-order chi connectivity index (χ0) is 20.1. The Bertz CT molecular complexity index is 630. The monoisotopic (exact) mass is 390 g/mol. The first-order valence-corrected chi connectivity index (χ1v) is 11.4. The van der Waals surface area contributed by atoms with Gasteiger partial charge in [0.25, 0.3) is 0 Å². The lowest BCUT2D eigenvalue weighted by atomic mass is 9.44. The van der Waals surface area contributed by atoms with Crippen molar-refractivity contribution in [2.24, 2.45) is 40.4 Å². The third-order valence-corrected chi connectivity index (χ3v) is 9.48. The molecule has 158 valence electrons. The molecule has 0 amide bonds. The summed E-state index contributed by atoms with van der Waals surface area (Å²) in [4.78, 5) is 11.5. The van der Waals surface area contributed by atoms with Gasteiger partial charge in [0.2, 0.25) is 0 Å². The van der Waals surface area contributed by atoms with E-state index in [9.17, 15) is 15.0 Å². The fraction of sp³-hybridized carbons (Fsp3) is 0.875. The standard InChI is InChI=1S/C24H38O4/c1-23-12-10-19-22(18(23)8-7-15(23)5-4-6-21(27)28-3)20(26)14-16-13-17(25)9-11-24(16,19)2/h7-8,15-20,22,25-26H,4-6,9-14H2,1-3H3/t15-,16-,17+,18-,19-,20-,22-,23+,24-/m0/s1. The molecule has 0 radical (unpaired) electrons. The maximum absolute atomic E-state index is 11.5. The summed E-state index contributed by atoms with van der Waals surface area (Å²) in [5.41, 5.74) is 0.469. The minimum absolute atomic E-state index is 0.117. The van der Waals surface area contributed by atoms with Crippen molar-refractivity contribution in [3.63, 3.8) is 0 Å². The molecule has 28 heavy (non-hydrogen) atoms. The third kappa shape index (κ3) is 3.15. The highest BCUT2D eigenvalue weighted by atomic mass is 16.5. The van der Waals surface area contributed by atoms with Gasteiger partial charge in [-0.3, -0.25) is 4.79 Å². The van der Waals surface area contributed by atoms with Gasteiger partial charge in [-0.2, -0.15) is 0 Å². The van der Waals surface area contributed by atoms with Crippen molar-refractivity contribution in [3.05, 3.63) is 12.2 Å². The number of methoxy groups -OCH3 is 1. The van der Waals surface area contributed by atoms with E-state index in [2.05, 4.69) is 26.0 Å². The third-order valence-electron chi connectivity index (χ3n) is 9.48. The summed E-state index contributed by atoms with van der Waals surface area (Å²) < 4.78 is 4.79. The second-order valence-corrected chi connectivity index (χ2v) is 10.6. The van der Waals surface area contributed by atoms with Gasteiger partial charge in [-0.05, 0) is 91.8 Å². The molecule has 2 N–H and O–H groups in total. The number of aliphatic hydroxyl groups is 2. The molecule has 4 aliphatic rings. The van der Waals surface area contributed by atoms with E-state index < -0.39 is 0 Å². The van der Waals surface area contributed by atoms with Crippen molar-refractivity contribution in [1.29, 1.82) is 0 Å². The van der Waals surface area contributed by atoms with E-state index in [1.54, 1.807) is 0 Å². The molecule has 4 nitrogen and oxygen atoms in total. The van der Waals surface area contributed by atoms with Crippen LogP contribution in [0.1, 0.15) is 71.6 Å². The molecule has 0 aromatic rings. The van der Waals surface area contributed by atoms with Crippen LogP contribution in [0, 0.1) is 40.4 Å². The number of rotatable bonds is 4. The Hall–Kier alpha value is -0.870. The molecule has 4 heteroatoms. The lowest BCUT2D eigenvalue weighted by Gasteiger charge is -2.62. The fourth-order valence-electron chi connectivity index (χ4n) is 7.74. The number of aliphatic hydroxyl groups excluding tert-OH is 2. The number of carbonyl (C=O) groups excluding carboxylic acids is 1. The maximum Gasteiger partial charge on any atom is 0.305 e. The van der Waals surface area contributed by atoms with E-state index in [-0.39, 0.29) is 29.0 Å². The topological polar surface area (TPSA) is 66.8 Å². The largest absolute Gasteiger partial charge is 0.469 e. The molecule has 0 aromatic carbocycles. The fourth-order valence-corrected chi connectivity index (χ4v) is 7.74. The highest BCUT2D eigenvalue weighted by molar-refractivity contribution is 5.69. The average molecular weight is 391 g/mol. The maximum atomic E-state index is 11.5. The second kappa shape index (κ2) is 7.43. The number of carbonyl (C=O) groups is 1. The zero-order valence-electron chi connectivity index (χ0n) is 17.8. The van der Waals surface area contributed by atoms with Crippen LogP contribution in [-0.2, 0) is 9.53 Å². The van der Waals surface area contributed by atoms with E-state index in [4.69, 9.17) is 4.74 Å². The normalized spacial score (nSPS) is 49.8. The van der Waals surface area contributed by atoms with Gasteiger partial charge in [0, 0.05) is 6.42 Å². The number of fused-ring (bicyclic) bond motifs is 5. The van der Waals surface area contributed by atoms with Crippen LogP contribution in [0.3, 0.4) is 0 Å². The first kappa shape index (κ1) is 20.4. The van der Waals surface area contributed by atoms with Crippen molar-refractivity contribution in [2.45, 2.75) is 83.8 Å². The first-order valence-electron chi connectivity index (χ1n) is 11.4. The summed E-state index contributed by atoms with van der Waals surface area (Å²) >= 11 is 0. The van der Waals surface area contributed by atoms with Gasteiger partial charge in [-0.1, -0.05) is 26.0 Å². The SMILES string of the molecule is COC(=O)CCC[C@H]1C=C[C@H]2[C@@H]3[C@@H](O)C[C@@H]4C[C@H](O)CC[C@]4(C)[C@H]3CC[C@]12C. The number of allylic oxidation sites excluding steroid dienone is 2. The van der Waals surface area contributed by atoms with Crippen LogP contribution < -0.4 is 0 Å². The molecule has 0 bridgehead atoms. The van der Waals surface area contributed by atoms with Crippen LogP contribution in [0.15, 0.2) is 12.2 Å². The van der Waals surface area contributed by atoms with Gasteiger partial charge in [0.15, 0.2) is 0 Å². The van der Waals surface area contributed by atoms with Gasteiger partial charge in [0.1, 0.15) is 0 Å². The van der Waals surface area contributed by atoms with Crippen LogP contribution in [0.2, 0.25) is 0 Å². The molecule has 3 saturated carbocycles. The predicted molar refractivity (Wildman–Crippen MR) is 108 cm³/mol. The molecular formula is C24H38O4. The molecule has 3 fully saturated rings. The average Bonchev–Trinajstić information content (AvgIpc) is 2.99. The summed E-state index contributed by atoms with van der Waals surface area (Å²) in [6.45, 7) is 4.87. The summed E-state index contributed by atoms with van der Waals surface area (Å²) in [6.07, 6.45) is 12.9. The number of hydrogen-bond acceptors (Lipinski definition) is 4. The van der Waals surface area contributed by atoms with Crippen LogP contribution >= 0.6 is 0 Å². The van der Waals surface area contributed by atoms with Crippen LogP contribution in [0.5, 0.6) is 0 Å². The highest BCUT2D eigenvalue weighted by Gasteiger charge is 2.61. The summed E-state index contributed by atoms with van der Waals surface area (Å²) in [5.74, 6) is 2.18. The summed E-state index contributed by atoms with van der Waals surface area (Å²) in [5, 5.41) is 21.4. The predicted octanol–water partition coefficient (Wildman–Crippen LogP) is 4.10. The number of esters is 1. The van der Waals surface area contributed by atoms with Crippen LogP contribution in [-0.4, -0.2) is 35.5 Å². The first-order chi connectivity index (χ1) is 13.3. The van der Waals surface area contributed by atoms with Gasteiger partial charge < -0.3 is 14.9 Å². The Balaban J connectivity index is 1.50. The minimum atomic E-state index is -0.253. The van der Waals surface area contributed by atoms with Gasteiger partial charge in [-0.15, -0.1) is 0 Å². The van der Waals surface area contributed by atoms with Gasteiger partial charge in [0.05, 0.1) is 19.3 Å². The van der Waals surface area contributed by atoms with Gasteiger partial charge >= 0.3 is 5.97 Å². The Labute approximate surface area is 169 Å². The number of hydrogen-bond donors (Lipinski definition) is 2. The molecule has 4 aliphatic carbocycles. The molecule has 0 unspecified atom stereocenters. The number of ether oxygens (including phenoxy) is 1. The second-order valence-electron chi connectivity index (χ2n) is 10.6. The summed E-state index contributed by atoms with van der Waals surface area (Å²) in [6, 6.07) is 0. The van der Waals surface area contributed by atoms with E-state index in [1.165, 1.54) is 20.0 Å². The molecular weight excluding hydrogens is 352 g/mol. The molecule has 0 heterocycles. The van der Waals surface area contributed by atoms with Gasteiger partial charge in [-0.25, -0.2) is 0 Å². The van der Waals surface area contributed by atoms with Crippen LogP contribution in [0.4, 0.5) is 0 Å². The highest BCUT2D eigenvalue weighted by Crippen LogP contribution is 2.66. The van der Waals surface area contributed by atoms with E-state index >= 15 is 0 Å². The quantitative estimate of drug-likeness (QED) is 0.560. The van der Waals surface area contributed by atoms with Crippen molar-refractivity contribution in [2.75, 3.05) is 7.11 Å². The van der Waals surface area contributed by atoms with Crippen molar-refractivity contribution < 1.29 is 19.7 Å². The molecule has 0 spiro atoms. The van der Waals surface area contributed by atoms with Crippen molar-refractivity contribution >= 4 is 5.97 Å². The molecule has 9 atom stereocenters. The minimum Gasteiger partial charge on any atom is -0.469 e. The Morgan fingerprint density at radius 1 is 1.11 bits per heavy atom. The molecule has 0 saturated heterocycles. The molecule has 0 aromatic heterocycles. The Morgan fingerprint density at radius 2 is 1.86 bits per heavy atom. The Kier molecular flexibility index (Phi) is 5.41. The van der Waals surface area contributed by atoms with E-state index in [0.717, 1.165) is 38.5 Å². The lowest BCUT2D eigenvalue weighted by Crippen LogP contribution is -2.58. The smallest absolute Gasteiger partial charge is 0.305 e. The Morgan fingerprint density at radius 3 is 2.61 bits per heavy atom. The van der Waals surface area contributed by atoms with Crippen molar-refractivity contribution in [1.82, 2.24) is 0 Å². The molecule has 0 aliphatic heterocycles.